The van der Waals surface area contributed by atoms with Gasteiger partial charge in [-0.15, -0.1) is 0 Å². The topological polar surface area (TPSA) is 112 Å². The number of rotatable bonds is 7. The number of furan rings is 1. The number of nitrogens with zero attached hydrogens (tertiary/aromatic N) is 1. The molecule has 0 atom stereocenters. The maximum Gasteiger partial charge on any atom is 0.331 e. The number of nitrogens with one attached hydrogen (secondary N) is 1. The average Bonchev–Trinajstić information content (AvgIpc) is 3.10. The number of nitro groups is 1. The van der Waals surface area contributed by atoms with Gasteiger partial charge in [0, 0.05) is 18.2 Å². The Morgan fingerprint density at radius 3 is 2.83 bits per heavy atom. The molecule has 0 radical (unpaired) electrons. The molecule has 8 heteroatoms. The number of carbonyl (C=O) groups excluding carboxylic acids is 2. The Bertz CT molecular complexity index is 752. The lowest BCUT2D eigenvalue weighted by Gasteiger charge is -2.03. The smallest absolute Gasteiger partial charge is 0.331 e. The van der Waals surface area contributed by atoms with Gasteiger partial charge < -0.3 is 14.5 Å². The molecule has 24 heavy (non-hydrogen) atoms. The van der Waals surface area contributed by atoms with Gasteiger partial charge >= 0.3 is 5.97 Å². The fourth-order valence-corrected chi connectivity index (χ4v) is 1.74. The minimum absolute atomic E-state index is 0.0807. The number of hydrogen-bond acceptors (Lipinski definition) is 6. The molecule has 0 aliphatic heterocycles. The van der Waals surface area contributed by atoms with Crippen LogP contribution in [0.5, 0.6) is 0 Å². The van der Waals surface area contributed by atoms with Crippen molar-refractivity contribution in [2.45, 2.75) is 6.54 Å². The van der Waals surface area contributed by atoms with Gasteiger partial charge in [0.05, 0.1) is 17.7 Å². The first-order chi connectivity index (χ1) is 11.5. The molecule has 124 valence electrons. The Morgan fingerprint density at radius 1 is 1.29 bits per heavy atom. The second-order valence-electron chi connectivity index (χ2n) is 4.65. The van der Waals surface area contributed by atoms with E-state index in [4.69, 9.17) is 9.15 Å². The van der Waals surface area contributed by atoms with Crippen LogP contribution < -0.4 is 5.32 Å². The molecule has 0 aliphatic carbocycles. The molecule has 2 aromatic rings. The van der Waals surface area contributed by atoms with E-state index in [2.05, 4.69) is 5.32 Å². The minimum Gasteiger partial charge on any atom is -0.467 e. The van der Waals surface area contributed by atoms with Gasteiger partial charge in [-0.05, 0) is 23.8 Å². The van der Waals surface area contributed by atoms with Crippen LogP contribution >= 0.6 is 0 Å². The molecule has 1 amide bonds. The average molecular weight is 330 g/mol. The maximum absolute atomic E-state index is 11.5. The van der Waals surface area contributed by atoms with Crippen LogP contribution in [0.25, 0.3) is 6.08 Å². The first kappa shape index (κ1) is 16.9. The molecule has 0 saturated carbocycles. The number of hydrogen-bond donors (Lipinski definition) is 1. The van der Waals surface area contributed by atoms with Crippen LogP contribution in [0.2, 0.25) is 0 Å². The summed E-state index contributed by atoms with van der Waals surface area (Å²) in [7, 11) is 0. The molecular formula is C16H14N2O6. The monoisotopic (exact) mass is 330 g/mol. The van der Waals surface area contributed by atoms with Crippen molar-refractivity contribution < 1.29 is 23.7 Å². The van der Waals surface area contributed by atoms with Gasteiger partial charge in [-0.1, -0.05) is 12.1 Å². The summed E-state index contributed by atoms with van der Waals surface area (Å²) in [6.45, 7) is -0.230. The molecule has 0 aliphatic rings. The van der Waals surface area contributed by atoms with Crippen LogP contribution in [0.3, 0.4) is 0 Å². The first-order valence-corrected chi connectivity index (χ1v) is 6.93. The van der Waals surface area contributed by atoms with E-state index in [9.17, 15) is 19.7 Å². The standard InChI is InChI=1S/C16H14N2O6/c19-15(17-10-14-5-2-8-23-14)11-24-16(20)7-6-12-3-1-4-13(9-12)18(21)22/h1-9H,10-11H2,(H,17,19). The van der Waals surface area contributed by atoms with E-state index < -0.39 is 23.4 Å². The molecule has 1 heterocycles. The van der Waals surface area contributed by atoms with Crippen molar-refractivity contribution in [2.24, 2.45) is 0 Å². The van der Waals surface area contributed by atoms with Gasteiger partial charge in [-0.3, -0.25) is 14.9 Å². The number of ether oxygens (including phenoxy) is 1. The van der Waals surface area contributed by atoms with E-state index in [-0.39, 0.29) is 12.2 Å². The van der Waals surface area contributed by atoms with Gasteiger partial charge in [0.1, 0.15) is 5.76 Å². The van der Waals surface area contributed by atoms with E-state index in [0.717, 1.165) is 6.08 Å². The fraction of sp³-hybridized carbons (Fsp3) is 0.125. The van der Waals surface area contributed by atoms with Crippen molar-refractivity contribution in [3.8, 4) is 0 Å². The van der Waals surface area contributed by atoms with Crippen LogP contribution in [0, 0.1) is 10.1 Å². The van der Waals surface area contributed by atoms with E-state index >= 15 is 0 Å². The summed E-state index contributed by atoms with van der Waals surface area (Å²) < 4.78 is 9.81. The van der Waals surface area contributed by atoms with Crippen LogP contribution in [-0.2, 0) is 20.9 Å². The lowest BCUT2D eigenvalue weighted by Crippen LogP contribution is -2.27. The Morgan fingerprint density at radius 2 is 2.12 bits per heavy atom. The van der Waals surface area contributed by atoms with Gasteiger partial charge in [0.25, 0.3) is 11.6 Å². The molecule has 1 N–H and O–H groups in total. The third-order valence-corrected chi connectivity index (χ3v) is 2.88. The van der Waals surface area contributed by atoms with E-state index in [1.54, 1.807) is 18.2 Å². The van der Waals surface area contributed by atoms with Crippen molar-refractivity contribution in [2.75, 3.05) is 6.61 Å². The first-order valence-electron chi connectivity index (χ1n) is 6.93. The number of carbonyl (C=O) groups is 2. The summed E-state index contributed by atoms with van der Waals surface area (Å²) in [6, 6.07) is 9.17. The second kappa shape index (κ2) is 8.28. The van der Waals surface area contributed by atoms with Crippen LogP contribution in [0.15, 0.2) is 53.2 Å². The summed E-state index contributed by atoms with van der Waals surface area (Å²) in [4.78, 5) is 33.2. The van der Waals surface area contributed by atoms with E-state index in [1.165, 1.54) is 30.5 Å². The van der Waals surface area contributed by atoms with Gasteiger partial charge in [-0.25, -0.2) is 4.79 Å². The van der Waals surface area contributed by atoms with Gasteiger partial charge in [-0.2, -0.15) is 0 Å². The van der Waals surface area contributed by atoms with Crippen molar-refractivity contribution >= 4 is 23.6 Å². The lowest BCUT2D eigenvalue weighted by atomic mass is 10.2. The maximum atomic E-state index is 11.5. The molecule has 0 bridgehead atoms. The molecule has 8 nitrogen and oxygen atoms in total. The normalized spacial score (nSPS) is 10.5. The van der Waals surface area contributed by atoms with Crippen molar-refractivity contribution in [3.63, 3.8) is 0 Å². The molecule has 0 spiro atoms. The van der Waals surface area contributed by atoms with Gasteiger partial charge in [0.2, 0.25) is 0 Å². The largest absolute Gasteiger partial charge is 0.467 e. The predicted molar refractivity (Wildman–Crippen MR) is 83.6 cm³/mol. The van der Waals surface area contributed by atoms with E-state index in [0.29, 0.717) is 11.3 Å². The summed E-state index contributed by atoms with van der Waals surface area (Å²) >= 11 is 0. The number of non-ortho nitro benzene ring substituents is 1. The molecular weight excluding hydrogens is 316 g/mol. The summed E-state index contributed by atoms with van der Waals surface area (Å²) in [5.41, 5.74) is 0.395. The van der Waals surface area contributed by atoms with Gasteiger partial charge in [0.15, 0.2) is 6.61 Å². The molecule has 0 saturated heterocycles. The SMILES string of the molecule is O=C(COC(=O)C=Cc1cccc([N+](=O)[O-])c1)NCc1ccco1. The second-order valence-corrected chi connectivity index (χ2v) is 4.65. The van der Waals surface area contributed by atoms with Crippen LogP contribution in [0.4, 0.5) is 5.69 Å². The molecule has 1 aromatic carbocycles. The number of nitro benzene ring substituents is 1. The molecule has 1 aromatic heterocycles. The highest BCUT2D eigenvalue weighted by Crippen LogP contribution is 2.14. The minimum atomic E-state index is -0.727. The summed E-state index contributed by atoms with van der Waals surface area (Å²) in [6.07, 6.45) is 3.95. The zero-order valence-electron chi connectivity index (χ0n) is 12.5. The van der Waals surface area contributed by atoms with Crippen LogP contribution in [-0.4, -0.2) is 23.4 Å². The van der Waals surface area contributed by atoms with Crippen molar-refractivity contribution in [1.82, 2.24) is 5.32 Å². The highest BCUT2D eigenvalue weighted by molar-refractivity contribution is 5.89. The highest BCUT2D eigenvalue weighted by Gasteiger charge is 2.07. The third kappa shape index (κ3) is 5.41. The Hall–Kier alpha value is -3.42. The molecule has 0 unspecified atom stereocenters. The van der Waals surface area contributed by atoms with Crippen LogP contribution in [0.1, 0.15) is 11.3 Å². The van der Waals surface area contributed by atoms with Crippen molar-refractivity contribution in [3.05, 3.63) is 70.2 Å². The molecule has 0 fully saturated rings. The quantitative estimate of drug-likeness (QED) is 0.360. The number of amides is 1. The predicted octanol–water partition coefficient (Wildman–Crippen LogP) is 2.06. The summed E-state index contributed by atoms with van der Waals surface area (Å²) in [5, 5.41) is 13.2. The molecule has 2 rings (SSSR count). The lowest BCUT2D eigenvalue weighted by molar-refractivity contribution is -0.384. The zero-order chi connectivity index (χ0) is 17.4. The van der Waals surface area contributed by atoms with Crippen molar-refractivity contribution in [1.29, 1.82) is 0 Å². The fourth-order valence-electron chi connectivity index (χ4n) is 1.74. The Labute approximate surface area is 136 Å². The zero-order valence-corrected chi connectivity index (χ0v) is 12.5. The third-order valence-electron chi connectivity index (χ3n) is 2.88. The number of benzene rings is 1. The Balaban J connectivity index is 1.77. The van der Waals surface area contributed by atoms with E-state index in [1.807, 2.05) is 0 Å². The highest BCUT2D eigenvalue weighted by atomic mass is 16.6. The number of esters is 1. The summed E-state index contributed by atoms with van der Waals surface area (Å²) in [5.74, 6) is -0.613. The Kier molecular flexibility index (Phi) is 5.84.